The Balaban J connectivity index is 0.000000184. The van der Waals surface area contributed by atoms with E-state index in [0.717, 1.165) is 80.4 Å². The van der Waals surface area contributed by atoms with Crippen molar-refractivity contribution >= 4 is 182 Å². The maximum absolute atomic E-state index is 11.9. The maximum Gasteiger partial charge on any atom is 0.420 e. The molecular weight excluding hydrogens is 1830 g/mol. The summed E-state index contributed by atoms with van der Waals surface area (Å²) in [6.45, 7) is 47.4. The van der Waals surface area contributed by atoms with E-state index in [1.807, 2.05) is 132 Å². The molecule has 1 N–H and O–H groups in total. The number of hydrogen-bond acceptors (Lipinski definition) is 26. The number of nitrogens with one attached hydrogen (secondary N) is 1. The highest BCUT2D eigenvalue weighted by molar-refractivity contribution is 6.82. The Kier molecular flexibility index (Phi) is 41.3. The Morgan fingerprint density at radius 3 is 1.27 bits per heavy atom. The number of nitrogens with zero attached hydrogens (tertiary/aromatic N) is 20. The molecule has 15 rings (SSSR count). The molecule has 696 valence electrons. The van der Waals surface area contributed by atoms with Crippen LogP contribution < -0.4 is 5.32 Å². The second kappa shape index (κ2) is 50.5. The fraction of sp³-hybridized carbons (Fsp3) is 0.455. The summed E-state index contributed by atoms with van der Waals surface area (Å²) in [4.78, 5) is 80.4. The lowest BCUT2D eigenvalue weighted by molar-refractivity contribution is -0.282. The topological polar surface area (TPSA) is 339 Å². The molecule has 129 heavy (non-hydrogen) atoms. The summed E-state index contributed by atoms with van der Waals surface area (Å²) in [5, 5.41) is 11.2. The van der Waals surface area contributed by atoms with Crippen molar-refractivity contribution in [3.63, 3.8) is 0 Å². The largest absolute Gasteiger partial charge is 0.443 e. The van der Waals surface area contributed by atoms with Gasteiger partial charge in [-0.05, 0) is 153 Å². The summed E-state index contributed by atoms with van der Waals surface area (Å²) in [7, 11) is -2.79. The van der Waals surface area contributed by atoms with Crippen LogP contribution in [0.3, 0.4) is 0 Å². The van der Waals surface area contributed by atoms with Crippen LogP contribution in [0.4, 0.5) is 10.6 Å². The van der Waals surface area contributed by atoms with Crippen LogP contribution >= 0.6 is 81.2 Å². The van der Waals surface area contributed by atoms with Crippen LogP contribution in [-0.2, 0) is 80.6 Å². The van der Waals surface area contributed by atoms with E-state index in [1.54, 1.807) is 60.8 Å². The molecule has 1 aliphatic rings. The number of halogens is 7. The predicted octanol–water partition coefficient (Wildman–Crippen LogP) is 22.4. The molecule has 0 fully saturated rings. The fourth-order valence-corrected chi connectivity index (χ4v) is 22.3. The number of carbonyl (C=O) groups excluding carboxylic acids is 2. The van der Waals surface area contributed by atoms with Crippen LogP contribution in [0, 0.1) is 5.41 Å². The smallest absolute Gasteiger partial charge is 0.420 e. The number of hydrogen-bond donors (Lipinski definition) is 1. The molecule has 0 bridgehead atoms. The van der Waals surface area contributed by atoms with Crippen molar-refractivity contribution in [2.75, 3.05) is 51.5 Å². The Bertz CT molecular complexity index is 5800. The van der Waals surface area contributed by atoms with Crippen molar-refractivity contribution in [3.8, 4) is 0 Å². The van der Waals surface area contributed by atoms with Crippen LogP contribution in [0.5, 0.6) is 0 Å². The highest BCUT2D eigenvalue weighted by Crippen LogP contribution is 2.44. The molecule has 0 saturated carbocycles. The first-order valence-corrected chi connectivity index (χ1v) is 50.7. The lowest BCUT2D eigenvalue weighted by Crippen LogP contribution is -2.51. The molecule has 0 atom stereocenters. The second-order valence-electron chi connectivity index (χ2n) is 32.9. The van der Waals surface area contributed by atoms with Crippen molar-refractivity contribution in [2.24, 2.45) is 5.41 Å². The van der Waals surface area contributed by atoms with Crippen molar-refractivity contribution < 1.29 is 52.2 Å². The number of fused-ring (bicyclic) bond motifs is 7. The molecule has 13 aromatic heterocycles. The molecule has 0 spiro atoms. The summed E-state index contributed by atoms with van der Waals surface area (Å²) in [5.41, 5.74) is 7.41. The minimum atomic E-state index is -1.77. The third-order valence-electron chi connectivity index (χ3n) is 19.5. The molecule has 14 heterocycles. The molecule has 0 amide bonds. The third kappa shape index (κ3) is 29.7. The van der Waals surface area contributed by atoms with E-state index in [-0.39, 0.29) is 12.7 Å². The van der Waals surface area contributed by atoms with Gasteiger partial charge in [-0.25, -0.2) is 79.1 Å². The van der Waals surface area contributed by atoms with Crippen LogP contribution in [0.15, 0.2) is 148 Å². The van der Waals surface area contributed by atoms with E-state index >= 15 is 0 Å². The lowest BCUT2D eigenvalue weighted by atomic mass is 9.98. The van der Waals surface area contributed by atoms with Gasteiger partial charge in [-0.2, -0.15) is 0 Å². The van der Waals surface area contributed by atoms with Gasteiger partial charge in [0.2, 0.25) is 6.41 Å². The number of carbonyl (C=O) groups is 2. The lowest BCUT2D eigenvalue weighted by Gasteiger charge is -2.44. The highest BCUT2D eigenvalue weighted by Gasteiger charge is 2.46. The van der Waals surface area contributed by atoms with Gasteiger partial charge in [0, 0.05) is 90.8 Å². The van der Waals surface area contributed by atoms with Crippen molar-refractivity contribution in [3.05, 3.63) is 195 Å². The maximum atomic E-state index is 11.9. The molecule has 0 saturated heterocycles. The van der Waals surface area contributed by atoms with Crippen LogP contribution in [0.25, 0.3) is 66.2 Å². The zero-order valence-electron chi connectivity index (χ0n) is 76.5. The van der Waals surface area contributed by atoms with Gasteiger partial charge in [-0.15, -0.1) is 0 Å². The summed E-state index contributed by atoms with van der Waals surface area (Å²) >= 11 is 41.8. The number of rotatable bonds is 26. The van der Waals surface area contributed by atoms with Crippen molar-refractivity contribution in [1.82, 2.24) is 96.8 Å². The van der Waals surface area contributed by atoms with Crippen molar-refractivity contribution in [2.45, 2.75) is 212 Å². The standard InChI is InChI=1S/C15H24ClN3Si.C14H12ClN3O.C12H14ClN3O2.C12H18ClN3OSi.C11H12ClN3O2.C11H14ClN3O2.C7H16O3.C6H6ClN3/c1-10(2)20(11(3)4,12(5)6)19-8-7-13-14(16)17-9-18-15(13)19;15-13-12-6-7-18(14(12)17-9-16-13)10-19-8-11-4-2-1-3-5-11;1-12(2,3)11(17)18-7-16-5-4-8-9(13)14-6-15-10(8)16;1-18(2,3)7-6-17-9-16-5-4-10-11(13)14-8-15-12(10)16;1-11(2,3)17-10(16)15-5-4-7-8(12)13-6-14-9(7)15;1-3-16-11(17-4-2)15-6-5-8-9(12)13-7-14-10(8)15;1-4-8-7(9-5-2)10-6-3;7-5-4-1-2-8-6(4)10-3-9-5/h7-12H,1-6H3;1-7,9H,8,10H2;4-6H,7H2,1-3H3;4-5,8H,6-7,9H2,1-3H3;4-6H,1-3H3;5-7,11H,3-4H2,1-2H3;7H,4-6H2,1-3H3;3H,1-2H2,(H,8,9,10). The molecule has 14 aromatic rings. The molecule has 0 aliphatic carbocycles. The number of ether oxygens (including phenoxy) is 9. The molecule has 0 unspecified atom stereocenters. The Labute approximate surface area is 789 Å². The molecule has 0 radical (unpaired) electrons. The fourth-order valence-electron chi connectivity index (χ4n) is 13.6. The van der Waals surface area contributed by atoms with E-state index in [0.29, 0.717) is 128 Å². The summed E-state index contributed by atoms with van der Waals surface area (Å²) < 4.78 is 59.2. The molecular formula is C88H116Cl7N21O11Si2. The molecule has 32 nitrogen and oxygen atoms in total. The zero-order valence-corrected chi connectivity index (χ0v) is 83.8. The molecule has 1 aromatic carbocycles. The molecule has 1 aliphatic heterocycles. The van der Waals surface area contributed by atoms with E-state index < -0.39 is 46.3 Å². The first-order chi connectivity index (χ1) is 61.4. The van der Waals surface area contributed by atoms with Crippen LogP contribution in [0.2, 0.25) is 78.4 Å². The van der Waals surface area contributed by atoms with E-state index in [1.165, 1.54) is 48.6 Å². The minimum absolute atomic E-state index is 0.118. The normalized spacial score (nSPS) is 12.0. The molecule has 41 heteroatoms. The average molecular weight is 1950 g/mol. The van der Waals surface area contributed by atoms with Gasteiger partial charge >= 0.3 is 12.1 Å². The minimum Gasteiger partial charge on any atom is -0.443 e. The van der Waals surface area contributed by atoms with Gasteiger partial charge in [-0.1, -0.05) is 173 Å². The monoisotopic (exact) mass is 1940 g/mol. The van der Waals surface area contributed by atoms with Crippen LogP contribution in [-0.4, -0.2) is 183 Å². The highest BCUT2D eigenvalue weighted by atomic mass is 35.5. The predicted molar refractivity (Wildman–Crippen MR) is 514 cm³/mol. The first kappa shape index (κ1) is 105. The summed E-state index contributed by atoms with van der Waals surface area (Å²) in [6, 6.07) is 22.4. The quantitative estimate of drug-likeness (QED) is 0.0173. The Hall–Kier alpha value is -9.06. The third-order valence-corrected chi connectivity index (χ3v) is 30.0. The van der Waals surface area contributed by atoms with Gasteiger partial charge in [0.05, 0.1) is 44.3 Å². The van der Waals surface area contributed by atoms with E-state index in [2.05, 4.69) is 153 Å². The summed E-state index contributed by atoms with van der Waals surface area (Å²) in [5.74, 6) is 0.629. The van der Waals surface area contributed by atoms with E-state index in [9.17, 15) is 9.59 Å². The van der Waals surface area contributed by atoms with Crippen molar-refractivity contribution in [1.29, 1.82) is 0 Å². The van der Waals surface area contributed by atoms with Gasteiger partial charge in [-0.3, -0.25) is 13.9 Å². The van der Waals surface area contributed by atoms with E-state index in [4.69, 9.17) is 124 Å². The second-order valence-corrected chi connectivity index (χ2v) is 46.7. The Morgan fingerprint density at radius 2 is 0.829 bits per heavy atom. The first-order valence-electron chi connectivity index (χ1n) is 42.1. The average Bonchev–Trinajstić information content (AvgIpc) is 1.60. The summed E-state index contributed by atoms with van der Waals surface area (Å²) in [6.07, 6.45) is 21.2. The van der Waals surface area contributed by atoms with Crippen LogP contribution in [0.1, 0.15) is 135 Å². The SMILES string of the molecule is CC(C)(C)C(=O)OCn1ccc2c(Cl)ncnc21.CC(C)(C)OC(=O)n1ccc2c(Cl)ncnc21.CC(C)[Si](C(C)C)(C(C)C)n1ccc2c(Cl)ncnc21.CCOC(OCC)OCC.CCOC(OCC)n1ccc2c(Cl)ncnc21.C[Si](C)(C)CCOCn1ccc2c(Cl)ncnc21.Clc1ncnc2c1CCN2.Clc1ncnc2c1ccn2COCc1ccccc1. The Morgan fingerprint density at radius 1 is 0.442 bits per heavy atom. The number of esters is 1. The number of benzene rings is 1. The van der Waals surface area contributed by atoms with Gasteiger partial charge < -0.3 is 61.3 Å². The number of anilines is 1. The van der Waals surface area contributed by atoms with Gasteiger partial charge in [0.1, 0.15) is 133 Å². The number of aromatic nitrogens is 20. The van der Waals surface area contributed by atoms with Gasteiger partial charge in [0.15, 0.2) is 20.6 Å². The zero-order chi connectivity index (χ0) is 94.3. The van der Waals surface area contributed by atoms with Gasteiger partial charge in [0.25, 0.3) is 6.48 Å².